The number of nitrogens with zero attached hydrogens (tertiary/aromatic N) is 7. The summed E-state index contributed by atoms with van der Waals surface area (Å²) in [6.07, 6.45) is 3.64. The molecule has 1 aliphatic heterocycles. The number of aromatic nitrogens is 6. The second-order valence-corrected chi connectivity index (χ2v) is 8.24. The largest absolute Gasteiger partial charge is 0.355 e. The molecule has 0 aliphatic carbocycles. The van der Waals surface area contributed by atoms with Gasteiger partial charge in [-0.1, -0.05) is 20.8 Å². The molecule has 4 rings (SSSR count). The van der Waals surface area contributed by atoms with Crippen LogP contribution in [-0.4, -0.2) is 42.7 Å². The molecule has 0 atom stereocenters. The van der Waals surface area contributed by atoms with Gasteiger partial charge in [0, 0.05) is 31.1 Å². The van der Waals surface area contributed by atoms with Crippen molar-refractivity contribution in [2.24, 2.45) is 5.92 Å². The molecule has 1 fully saturated rings. The molecule has 0 saturated carbocycles. The molecule has 3 aromatic rings. The van der Waals surface area contributed by atoms with E-state index in [1.165, 1.54) is 0 Å². The van der Waals surface area contributed by atoms with Crippen LogP contribution in [-0.2, 0) is 12.0 Å². The summed E-state index contributed by atoms with van der Waals surface area (Å²) in [5.41, 5.74) is 1.61. The van der Waals surface area contributed by atoms with Crippen molar-refractivity contribution in [1.29, 1.82) is 0 Å². The van der Waals surface area contributed by atoms with Crippen LogP contribution in [0.1, 0.15) is 39.3 Å². The Hall–Kier alpha value is -2.77. The molecule has 0 bridgehead atoms. The van der Waals surface area contributed by atoms with Crippen molar-refractivity contribution in [3.63, 3.8) is 0 Å². The van der Waals surface area contributed by atoms with Gasteiger partial charge in [-0.05, 0) is 37.0 Å². The zero-order chi connectivity index (χ0) is 19.0. The summed E-state index contributed by atoms with van der Waals surface area (Å²) >= 11 is 0. The van der Waals surface area contributed by atoms with E-state index < -0.39 is 0 Å². The van der Waals surface area contributed by atoms with Gasteiger partial charge in [0.1, 0.15) is 12.1 Å². The standard InChI is InChI=1S/C19H25N7O/c1-19(2,3)15-4-7-18(27)25(22-15)12-14-8-10-24(11-9-14)17-6-5-16-21-20-13-26(16)23-17/h4-7,13-14H,8-12H2,1-3H3. The Bertz CT molecular complexity index is 993. The van der Waals surface area contributed by atoms with E-state index in [1.807, 2.05) is 18.2 Å². The summed E-state index contributed by atoms with van der Waals surface area (Å²) in [4.78, 5) is 14.5. The van der Waals surface area contributed by atoms with E-state index in [2.05, 4.69) is 46.1 Å². The predicted molar refractivity (Wildman–Crippen MR) is 103 cm³/mol. The Morgan fingerprint density at radius 3 is 2.59 bits per heavy atom. The Labute approximate surface area is 157 Å². The number of piperidine rings is 1. The van der Waals surface area contributed by atoms with Gasteiger partial charge in [0.25, 0.3) is 5.56 Å². The summed E-state index contributed by atoms with van der Waals surface area (Å²) in [6, 6.07) is 7.40. The zero-order valence-electron chi connectivity index (χ0n) is 16.0. The molecular formula is C19H25N7O. The van der Waals surface area contributed by atoms with Gasteiger partial charge in [-0.15, -0.1) is 15.3 Å². The molecule has 4 heterocycles. The van der Waals surface area contributed by atoms with Gasteiger partial charge in [-0.25, -0.2) is 4.68 Å². The van der Waals surface area contributed by atoms with Gasteiger partial charge in [0.05, 0.1) is 5.69 Å². The van der Waals surface area contributed by atoms with Crippen molar-refractivity contribution < 1.29 is 0 Å². The van der Waals surface area contributed by atoms with Crippen molar-refractivity contribution in [2.75, 3.05) is 18.0 Å². The van der Waals surface area contributed by atoms with Crippen LogP contribution in [0.2, 0.25) is 0 Å². The second-order valence-electron chi connectivity index (χ2n) is 8.24. The van der Waals surface area contributed by atoms with Gasteiger partial charge in [0.2, 0.25) is 0 Å². The lowest BCUT2D eigenvalue weighted by atomic mass is 9.92. The number of hydrogen-bond acceptors (Lipinski definition) is 6. The van der Waals surface area contributed by atoms with Crippen LogP contribution >= 0.6 is 0 Å². The summed E-state index contributed by atoms with van der Waals surface area (Å²) in [5.74, 6) is 1.38. The minimum absolute atomic E-state index is 0.0230. The van der Waals surface area contributed by atoms with E-state index in [0.717, 1.165) is 43.1 Å². The lowest BCUT2D eigenvalue weighted by Crippen LogP contribution is -2.37. The summed E-state index contributed by atoms with van der Waals surface area (Å²) in [7, 11) is 0. The minimum Gasteiger partial charge on any atom is -0.355 e. The number of hydrogen-bond donors (Lipinski definition) is 0. The van der Waals surface area contributed by atoms with E-state index in [0.29, 0.717) is 12.5 Å². The molecular weight excluding hydrogens is 342 g/mol. The van der Waals surface area contributed by atoms with Crippen LogP contribution in [0.5, 0.6) is 0 Å². The Balaban J connectivity index is 1.43. The van der Waals surface area contributed by atoms with E-state index >= 15 is 0 Å². The number of anilines is 1. The maximum absolute atomic E-state index is 12.2. The van der Waals surface area contributed by atoms with Gasteiger partial charge < -0.3 is 4.90 Å². The zero-order valence-corrected chi connectivity index (χ0v) is 16.0. The first-order chi connectivity index (χ1) is 12.9. The molecule has 0 amide bonds. The fourth-order valence-corrected chi connectivity index (χ4v) is 3.46. The van der Waals surface area contributed by atoms with Crippen LogP contribution < -0.4 is 10.5 Å². The second kappa shape index (κ2) is 6.75. The van der Waals surface area contributed by atoms with E-state index in [9.17, 15) is 4.79 Å². The van der Waals surface area contributed by atoms with Crippen molar-refractivity contribution >= 4 is 11.5 Å². The molecule has 0 unspecified atom stereocenters. The smallest absolute Gasteiger partial charge is 0.266 e. The lowest BCUT2D eigenvalue weighted by Gasteiger charge is -2.32. The fourth-order valence-electron chi connectivity index (χ4n) is 3.46. The molecule has 27 heavy (non-hydrogen) atoms. The van der Waals surface area contributed by atoms with Crippen molar-refractivity contribution in [2.45, 2.75) is 45.6 Å². The van der Waals surface area contributed by atoms with E-state index in [1.54, 1.807) is 21.6 Å². The molecule has 0 radical (unpaired) electrons. The van der Waals surface area contributed by atoms with Crippen LogP contribution in [0.4, 0.5) is 5.82 Å². The highest BCUT2D eigenvalue weighted by Crippen LogP contribution is 2.23. The average molecular weight is 367 g/mol. The first-order valence-electron chi connectivity index (χ1n) is 9.41. The normalized spacial score (nSPS) is 16.2. The van der Waals surface area contributed by atoms with Gasteiger partial charge in [-0.3, -0.25) is 4.79 Å². The maximum atomic E-state index is 12.2. The Kier molecular flexibility index (Phi) is 4.41. The third-order valence-corrected chi connectivity index (χ3v) is 5.15. The molecule has 8 heteroatoms. The number of rotatable bonds is 3. The quantitative estimate of drug-likeness (QED) is 0.703. The fraction of sp³-hybridized carbons (Fsp3) is 0.526. The number of fused-ring (bicyclic) bond motifs is 1. The Morgan fingerprint density at radius 1 is 1.07 bits per heavy atom. The summed E-state index contributed by atoms with van der Waals surface area (Å²) < 4.78 is 3.34. The molecule has 0 N–H and O–H groups in total. The molecule has 0 spiro atoms. The minimum atomic E-state index is -0.0642. The lowest BCUT2D eigenvalue weighted by molar-refractivity contribution is 0.329. The monoisotopic (exact) mass is 367 g/mol. The first kappa shape index (κ1) is 17.6. The highest BCUT2D eigenvalue weighted by molar-refractivity contribution is 5.45. The molecule has 8 nitrogen and oxygen atoms in total. The van der Waals surface area contributed by atoms with Crippen LogP contribution in [0.25, 0.3) is 5.65 Å². The van der Waals surface area contributed by atoms with Crippen LogP contribution in [0.3, 0.4) is 0 Å². The highest BCUT2D eigenvalue weighted by atomic mass is 16.1. The topological polar surface area (TPSA) is 81.2 Å². The third kappa shape index (κ3) is 3.70. The molecule has 142 valence electrons. The molecule has 0 aromatic carbocycles. The van der Waals surface area contributed by atoms with Gasteiger partial charge in [-0.2, -0.15) is 9.61 Å². The summed E-state index contributed by atoms with van der Waals surface area (Å²) in [5, 5.41) is 17.0. The maximum Gasteiger partial charge on any atom is 0.266 e. The molecule has 1 saturated heterocycles. The Morgan fingerprint density at radius 2 is 1.85 bits per heavy atom. The predicted octanol–water partition coefficient (Wildman–Crippen LogP) is 1.90. The average Bonchev–Trinajstić information content (AvgIpc) is 3.11. The van der Waals surface area contributed by atoms with E-state index in [-0.39, 0.29) is 11.0 Å². The van der Waals surface area contributed by atoms with Crippen LogP contribution in [0, 0.1) is 5.92 Å². The van der Waals surface area contributed by atoms with E-state index in [4.69, 9.17) is 0 Å². The third-order valence-electron chi connectivity index (χ3n) is 5.15. The molecule has 3 aromatic heterocycles. The van der Waals surface area contributed by atoms with Gasteiger partial charge >= 0.3 is 0 Å². The first-order valence-corrected chi connectivity index (χ1v) is 9.41. The SMILES string of the molecule is CC(C)(C)c1ccc(=O)n(CC2CCN(c3ccc4nncn4n3)CC2)n1. The van der Waals surface area contributed by atoms with Crippen molar-refractivity contribution in [3.05, 3.63) is 46.6 Å². The van der Waals surface area contributed by atoms with Crippen molar-refractivity contribution in [3.8, 4) is 0 Å². The summed E-state index contributed by atoms with van der Waals surface area (Å²) in [6.45, 7) is 8.85. The highest BCUT2D eigenvalue weighted by Gasteiger charge is 2.23. The van der Waals surface area contributed by atoms with Gasteiger partial charge in [0.15, 0.2) is 5.65 Å². The van der Waals surface area contributed by atoms with Crippen LogP contribution in [0.15, 0.2) is 35.4 Å². The van der Waals surface area contributed by atoms with Crippen molar-refractivity contribution in [1.82, 2.24) is 29.6 Å². The molecule has 1 aliphatic rings.